The molecule has 3 aliphatic rings. The van der Waals surface area contributed by atoms with Crippen LogP contribution in [0.15, 0.2) is 29.1 Å². The molecular formula is C27H39N3O3. The largest absolute Gasteiger partial charge is 0.476 e. The number of hydrogen-bond acceptors (Lipinski definition) is 4. The Morgan fingerprint density at radius 3 is 2.03 bits per heavy atom. The molecule has 0 amide bonds. The summed E-state index contributed by atoms with van der Waals surface area (Å²) < 4.78 is 1.78. The van der Waals surface area contributed by atoms with Crippen molar-refractivity contribution < 1.29 is 9.90 Å². The number of rotatable bonds is 3. The van der Waals surface area contributed by atoms with Crippen molar-refractivity contribution in [3.63, 3.8) is 0 Å². The van der Waals surface area contributed by atoms with Gasteiger partial charge in [0.1, 0.15) is 0 Å². The van der Waals surface area contributed by atoms with Gasteiger partial charge in [0.15, 0.2) is 0 Å². The molecule has 2 aliphatic heterocycles. The Balaban J connectivity index is 0.00000259. The normalized spacial score (nSPS) is 27.2. The Kier molecular flexibility index (Phi) is 7.52. The van der Waals surface area contributed by atoms with Crippen LogP contribution < -0.4 is 5.56 Å². The monoisotopic (exact) mass is 453 g/mol. The van der Waals surface area contributed by atoms with Crippen molar-refractivity contribution in [3.8, 4) is 0 Å². The molecule has 2 bridgehead atoms. The quantitative estimate of drug-likeness (QED) is 0.636. The summed E-state index contributed by atoms with van der Waals surface area (Å²) in [6, 6.07) is 9.18. The highest BCUT2D eigenvalue weighted by Crippen LogP contribution is 2.42. The van der Waals surface area contributed by atoms with Crippen molar-refractivity contribution >= 4 is 17.0 Å². The van der Waals surface area contributed by atoms with Crippen LogP contribution in [-0.2, 0) is 0 Å². The van der Waals surface area contributed by atoms with Crippen molar-refractivity contribution in [2.45, 2.75) is 115 Å². The summed E-state index contributed by atoms with van der Waals surface area (Å²) in [5.74, 6) is -1.24. The lowest BCUT2D eigenvalue weighted by molar-refractivity contribution is -0.0232. The van der Waals surface area contributed by atoms with Crippen LogP contribution in [0, 0.1) is 0 Å². The minimum atomic E-state index is -1.24. The molecule has 3 heterocycles. The molecule has 3 fully saturated rings. The van der Waals surface area contributed by atoms with E-state index in [1.54, 1.807) is 4.57 Å². The van der Waals surface area contributed by atoms with Crippen LogP contribution in [0.25, 0.3) is 11.0 Å². The van der Waals surface area contributed by atoms with Crippen molar-refractivity contribution in [1.29, 1.82) is 0 Å². The average molecular weight is 454 g/mol. The first-order chi connectivity index (χ1) is 15.6. The van der Waals surface area contributed by atoms with Gasteiger partial charge in [-0.15, -0.1) is 0 Å². The first-order valence-electron chi connectivity index (χ1n) is 12.7. The van der Waals surface area contributed by atoms with E-state index in [2.05, 4.69) is 9.88 Å². The van der Waals surface area contributed by atoms with Gasteiger partial charge in [-0.25, -0.2) is 9.78 Å². The molecule has 2 saturated heterocycles. The van der Waals surface area contributed by atoms with Crippen molar-refractivity contribution in [1.82, 2.24) is 14.5 Å². The van der Waals surface area contributed by atoms with E-state index in [9.17, 15) is 14.7 Å². The van der Waals surface area contributed by atoms with E-state index in [0.717, 1.165) is 18.4 Å². The lowest BCUT2D eigenvalue weighted by Crippen LogP contribution is -2.57. The second kappa shape index (κ2) is 10.4. The molecule has 3 atom stereocenters. The predicted octanol–water partition coefficient (Wildman–Crippen LogP) is 5.79. The third-order valence-corrected chi connectivity index (χ3v) is 8.12. The molecule has 6 heteroatoms. The first-order valence-corrected chi connectivity index (χ1v) is 12.7. The summed E-state index contributed by atoms with van der Waals surface area (Å²) in [5, 5.41) is 9.61. The fourth-order valence-electron chi connectivity index (χ4n) is 6.76. The topological polar surface area (TPSA) is 75.4 Å². The molecule has 0 spiro atoms. The maximum atomic E-state index is 13.3. The zero-order valence-electron chi connectivity index (χ0n) is 18.9. The number of piperidine rings is 2. The van der Waals surface area contributed by atoms with E-state index in [1.165, 1.54) is 70.6 Å². The zero-order valence-corrected chi connectivity index (χ0v) is 18.9. The SMILES string of the molecule is C.O=C(O)c1nc2ccccc2n(C2C[C@H]3CCC[C@@H](C2)N3C2CCCCCCCC2)c1=O. The molecule has 1 aromatic heterocycles. The molecule has 0 radical (unpaired) electrons. The van der Waals surface area contributed by atoms with Crippen molar-refractivity contribution in [2.75, 3.05) is 0 Å². The molecule has 1 aromatic carbocycles. The summed E-state index contributed by atoms with van der Waals surface area (Å²) in [6.45, 7) is 0. The van der Waals surface area contributed by atoms with Crippen molar-refractivity contribution in [2.24, 2.45) is 0 Å². The number of aromatic nitrogens is 2. The maximum absolute atomic E-state index is 13.3. The number of hydrogen-bond donors (Lipinski definition) is 1. The Bertz CT molecular complexity index is 1010. The number of carboxylic acids is 1. The summed E-state index contributed by atoms with van der Waals surface area (Å²) >= 11 is 0. The van der Waals surface area contributed by atoms with Gasteiger partial charge in [-0.05, 0) is 50.7 Å². The molecular weight excluding hydrogens is 414 g/mol. The molecule has 180 valence electrons. The number of para-hydroxylation sites is 2. The summed E-state index contributed by atoms with van der Waals surface area (Å²) in [5.41, 5.74) is 0.553. The van der Waals surface area contributed by atoms with Crippen LogP contribution in [0.2, 0.25) is 0 Å². The van der Waals surface area contributed by atoms with E-state index in [0.29, 0.717) is 23.6 Å². The molecule has 33 heavy (non-hydrogen) atoms. The number of benzene rings is 1. The number of nitrogens with zero attached hydrogens (tertiary/aromatic N) is 3. The summed E-state index contributed by atoms with van der Waals surface area (Å²) in [7, 11) is 0. The van der Waals surface area contributed by atoms with E-state index in [1.807, 2.05) is 24.3 Å². The van der Waals surface area contributed by atoms with E-state index < -0.39 is 11.5 Å². The lowest BCUT2D eigenvalue weighted by atomic mass is 9.79. The average Bonchev–Trinajstić information content (AvgIpc) is 2.91. The first kappa shape index (κ1) is 23.9. The summed E-state index contributed by atoms with van der Waals surface area (Å²) in [6.07, 6.45) is 16.3. The van der Waals surface area contributed by atoms with Crippen molar-refractivity contribution in [3.05, 3.63) is 40.3 Å². The van der Waals surface area contributed by atoms with E-state index in [-0.39, 0.29) is 19.2 Å². The Morgan fingerprint density at radius 1 is 0.818 bits per heavy atom. The fourth-order valence-corrected chi connectivity index (χ4v) is 6.76. The minimum Gasteiger partial charge on any atom is -0.476 e. The highest BCUT2D eigenvalue weighted by atomic mass is 16.4. The smallest absolute Gasteiger partial charge is 0.360 e. The maximum Gasteiger partial charge on any atom is 0.360 e. The van der Waals surface area contributed by atoms with Gasteiger partial charge in [-0.2, -0.15) is 0 Å². The molecule has 5 rings (SSSR count). The third kappa shape index (κ3) is 4.72. The number of carbonyl (C=O) groups is 1. The number of carboxylic acid groups (broad SMARTS) is 1. The standard InChI is InChI=1S/C26H35N3O3.CH4/c30-25-24(26(31)32)27-22-14-7-8-15-23(22)29(25)21-16-19-12-9-13-20(17-21)28(19)18-10-5-3-1-2-4-6-11-18;/h7-8,14-15,18-21H,1-6,9-13,16-17H2,(H,31,32);1H4/t19-,20+,21?;. The minimum absolute atomic E-state index is 0. The van der Waals surface area contributed by atoms with Gasteiger partial charge in [0, 0.05) is 24.2 Å². The van der Waals surface area contributed by atoms with Crippen LogP contribution >= 0.6 is 0 Å². The van der Waals surface area contributed by atoms with Gasteiger partial charge in [0.25, 0.3) is 5.56 Å². The van der Waals surface area contributed by atoms with Crippen LogP contribution in [0.1, 0.15) is 107 Å². The van der Waals surface area contributed by atoms with E-state index in [4.69, 9.17) is 0 Å². The van der Waals surface area contributed by atoms with E-state index >= 15 is 0 Å². The highest BCUT2D eigenvalue weighted by molar-refractivity contribution is 5.88. The highest BCUT2D eigenvalue weighted by Gasteiger charge is 2.42. The lowest BCUT2D eigenvalue weighted by Gasteiger charge is -2.53. The van der Waals surface area contributed by atoms with Gasteiger partial charge < -0.3 is 9.67 Å². The number of aromatic carboxylic acids is 1. The third-order valence-electron chi connectivity index (χ3n) is 8.12. The summed E-state index contributed by atoms with van der Waals surface area (Å²) in [4.78, 5) is 32.0. The fraction of sp³-hybridized carbons (Fsp3) is 0.667. The van der Waals surface area contributed by atoms with Crippen LogP contribution in [0.3, 0.4) is 0 Å². The zero-order chi connectivity index (χ0) is 22.1. The predicted molar refractivity (Wildman–Crippen MR) is 132 cm³/mol. The number of fused-ring (bicyclic) bond motifs is 3. The Morgan fingerprint density at radius 2 is 1.39 bits per heavy atom. The van der Waals surface area contributed by atoms with Gasteiger partial charge in [-0.3, -0.25) is 9.69 Å². The molecule has 1 N–H and O–H groups in total. The molecule has 1 saturated carbocycles. The van der Waals surface area contributed by atoms with Gasteiger partial charge >= 0.3 is 5.97 Å². The Labute approximate surface area is 197 Å². The molecule has 2 aromatic rings. The van der Waals surface area contributed by atoms with Gasteiger partial charge in [0.05, 0.1) is 11.0 Å². The van der Waals surface area contributed by atoms with Crippen LogP contribution in [-0.4, -0.2) is 43.7 Å². The Hall–Kier alpha value is -2.21. The molecule has 1 aliphatic carbocycles. The van der Waals surface area contributed by atoms with Crippen LogP contribution in [0.5, 0.6) is 0 Å². The van der Waals surface area contributed by atoms with Gasteiger partial charge in [0.2, 0.25) is 5.69 Å². The van der Waals surface area contributed by atoms with Gasteiger partial charge in [-0.1, -0.05) is 64.5 Å². The second-order valence-corrected chi connectivity index (χ2v) is 10.1. The molecule has 1 unspecified atom stereocenters. The van der Waals surface area contributed by atoms with Crippen LogP contribution in [0.4, 0.5) is 0 Å². The molecule has 6 nitrogen and oxygen atoms in total. The second-order valence-electron chi connectivity index (χ2n) is 10.1.